The van der Waals surface area contributed by atoms with E-state index in [1.54, 1.807) is 22.5 Å². The van der Waals surface area contributed by atoms with Crippen LogP contribution < -0.4 is 0 Å². The third-order valence-electron chi connectivity index (χ3n) is 5.04. The van der Waals surface area contributed by atoms with Gasteiger partial charge < -0.3 is 0 Å². The highest BCUT2D eigenvalue weighted by Crippen LogP contribution is 2.32. The van der Waals surface area contributed by atoms with E-state index < -0.39 is 0 Å². The molecule has 0 aliphatic heterocycles. The molecule has 0 fully saturated rings. The summed E-state index contributed by atoms with van der Waals surface area (Å²) in [4.78, 5) is 21.9. The zero-order valence-electron chi connectivity index (χ0n) is 15.2. The smallest absolute Gasteiger partial charge is 0.253 e. The summed E-state index contributed by atoms with van der Waals surface area (Å²) in [7, 11) is 0. The van der Waals surface area contributed by atoms with E-state index in [4.69, 9.17) is 0 Å². The molecule has 2 aromatic heterocycles. The van der Waals surface area contributed by atoms with E-state index in [1.165, 1.54) is 11.1 Å². The summed E-state index contributed by atoms with van der Waals surface area (Å²) in [5.41, 5.74) is 3.90. The SMILES string of the molecule is O=C1C[C@H](c2ccccc2)Cc2nc3nc(SCc4ccccc4)nn3cc21. The first kappa shape index (κ1) is 17.1. The summed E-state index contributed by atoms with van der Waals surface area (Å²) in [6, 6.07) is 20.4. The van der Waals surface area contributed by atoms with E-state index in [0.717, 1.165) is 17.9 Å². The maximum atomic E-state index is 12.7. The number of ketones is 1. The number of aromatic nitrogens is 4. The van der Waals surface area contributed by atoms with Gasteiger partial charge in [-0.25, -0.2) is 9.50 Å². The molecule has 5 rings (SSSR count). The highest BCUT2D eigenvalue weighted by atomic mass is 32.2. The molecule has 28 heavy (non-hydrogen) atoms. The average Bonchev–Trinajstić information content (AvgIpc) is 3.14. The minimum Gasteiger partial charge on any atom is -0.294 e. The predicted molar refractivity (Wildman–Crippen MR) is 109 cm³/mol. The quantitative estimate of drug-likeness (QED) is 0.489. The van der Waals surface area contributed by atoms with Crippen LogP contribution in [0, 0.1) is 0 Å². The van der Waals surface area contributed by atoms with Crippen molar-refractivity contribution in [1.82, 2.24) is 19.6 Å². The number of Topliss-reactive ketones (excluding diaryl/α,β-unsaturated/α-hetero) is 1. The van der Waals surface area contributed by atoms with Gasteiger partial charge in [0.2, 0.25) is 5.16 Å². The van der Waals surface area contributed by atoms with Crippen LogP contribution >= 0.6 is 11.8 Å². The van der Waals surface area contributed by atoms with Gasteiger partial charge in [0.15, 0.2) is 5.78 Å². The van der Waals surface area contributed by atoms with Crippen molar-refractivity contribution in [2.75, 3.05) is 0 Å². The Morgan fingerprint density at radius 1 is 0.964 bits per heavy atom. The molecule has 0 saturated heterocycles. The van der Waals surface area contributed by atoms with E-state index in [1.807, 2.05) is 36.4 Å². The van der Waals surface area contributed by atoms with Gasteiger partial charge in [-0.15, -0.1) is 5.10 Å². The summed E-state index contributed by atoms with van der Waals surface area (Å²) < 4.78 is 1.63. The van der Waals surface area contributed by atoms with Crippen LogP contribution in [0.4, 0.5) is 0 Å². The molecular weight excluding hydrogens is 368 g/mol. The normalized spacial score (nSPS) is 16.3. The molecule has 0 radical (unpaired) electrons. The highest BCUT2D eigenvalue weighted by Gasteiger charge is 2.28. The lowest BCUT2D eigenvalue weighted by Crippen LogP contribution is -2.21. The molecule has 4 aromatic rings. The third-order valence-corrected chi connectivity index (χ3v) is 5.95. The number of thioether (sulfide) groups is 1. The summed E-state index contributed by atoms with van der Waals surface area (Å²) in [6.07, 6.45) is 3.05. The van der Waals surface area contributed by atoms with Gasteiger partial charge in [-0.1, -0.05) is 72.4 Å². The molecule has 1 atom stereocenters. The summed E-state index contributed by atoms with van der Waals surface area (Å²) >= 11 is 1.57. The third kappa shape index (κ3) is 3.31. The number of nitrogens with zero attached hydrogens (tertiary/aromatic N) is 4. The number of hydrogen-bond acceptors (Lipinski definition) is 5. The molecule has 1 aliphatic carbocycles. The fourth-order valence-electron chi connectivity index (χ4n) is 3.61. The Morgan fingerprint density at radius 2 is 1.71 bits per heavy atom. The predicted octanol–water partition coefficient (Wildman–Crippen LogP) is 4.33. The Hall–Kier alpha value is -2.99. The topological polar surface area (TPSA) is 60.2 Å². The largest absolute Gasteiger partial charge is 0.294 e. The fraction of sp³-hybridized carbons (Fsp3) is 0.182. The Morgan fingerprint density at radius 3 is 2.50 bits per heavy atom. The monoisotopic (exact) mass is 386 g/mol. The first-order chi connectivity index (χ1) is 13.8. The van der Waals surface area contributed by atoms with E-state index in [0.29, 0.717) is 22.9 Å². The van der Waals surface area contributed by atoms with Crippen LogP contribution in [0.2, 0.25) is 0 Å². The van der Waals surface area contributed by atoms with Crippen LogP contribution in [-0.4, -0.2) is 25.4 Å². The molecule has 2 heterocycles. The number of rotatable bonds is 4. The van der Waals surface area contributed by atoms with Crippen LogP contribution in [0.5, 0.6) is 0 Å². The Bertz CT molecular complexity index is 1140. The first-order valence-corrected chi connectivity index (χ1v) is 10.3. The second-order valence-electron chi connectivity index (χ2n) is 6.95. The molecular formula is C22H18N4OS. The lowest BCUT2D eigenvalue weighted by Gasteiger charge is -2.22. The van der Waals surface area contributed by atoms with Crippen LogP contribution in [0.3, 0.4) is 0 Å². The molecule has 5 nitrogen and oxygen atoms in total. The molecule has 2 aromatic carbocycles. The summed E-state index contributed by atoms with van der Waals surface area (Å²) in [5, 5.41) is 5.17. The molecule has 0 N–H and O–H groups in total. The van der Waals surface area contributed by atoms with E-state index >= 15 is 0 Å². The number of fused-ring (bicyclic) bond motifs is 2. The van der Waals surface area contributed by atoms with Gasteiger partial charge in [-0.05, 0) is 23.5 Å². The molecule has 1 aliphatic rings. The van der Waals surface area contributed by atoms with Crippen LogP contribution in [0.25, 0.3) is 5.78 Å². The van der Waals surface area contributed by atoms with Crippen molar-refractivity contribution in [3.05, 3.63) is 89.2 Å². The van der Waals surface area contributed by atoms with Gasteiger partial charge in [0.1, 0.15) is 0 Å². The van der Waals surface area contributed by atoms with Crippen LogP contribution in [0.1, 0.15) is 39.5 Å². The van der Waals surface area contributed by atoms with Crippen molar-refractivity contribution in [2.24, 2.45) is 0 Å². The number of hydrogen-bond donors (Lipinski definition) is 0. The second-order valence-corrected chi connectivity index (χ2v) is 7.90. The van der Waals surface area contributed by atoms with Crippen molar-refractivity contribution in [2.45, 2.75) is 29.7 Å². The molecule has 0 amide bonds. The first-order valence-electron chi connectivity index (χ1n) is 9.27. The number of benzene rings is 2. The van der Waals surface area contributed by atoms with Crippen molar-refractivity contribution in [3.63, 3.8) is 0 Å². The maximum Gasteiger partial charge on any atom is 0.253 e. The van der Waals surface area contributed by atoms with Gasteiger partial charge >= 0.3 is 0 Å². The Balaban J connectivity index is 1.42. The van der Waals surface area contributed by atoms with E-state index in [9.17, 15) is 4.79 Å². The number of carbonyl (C=O) groups is 1. The Labute approximate surface area is 166 Å². The van der Waals surface area contributed by atoms with Gasteiger partial charge in [-0.3, -0.25) is 4.79 Å². The molecule has 0 spiro atoms. The van der Waals surface area contributed by atoms with Gasteiger partial charge in [0.05, 0.1) is 11.3 Å². The van der Waals surface area contributed by atoms with Crippen molar-refractivity contribution in [3.8, 4) is 0 Å². The molecule has 0 bridgehead atoms. The van der Waals surface area contributed by atoms with E-state index in [2.05, 4.69) is 39.3 Å². The lowest BCUT2D eigenvalue weighted by atomic mass is 9.82. The fourth-order valence-corrected chi connectivity index (χ4v) is 4.39. The lowest BCUT2D eigenvalue weighted by molar-refractivity contribution is 0.0962. The molecule has 6 heteroatoms. The van der Waals surface area contributed by atoms with Crippen molar-refractivity contribution < 1.29 is 4.79 Å². The van der Waals surface area contributed by atoms with Crippen molar-refractivity contribution >= 4 is 23.3 Å². The Kier molecular flexibility index (Phi) is 4.41. The minimum absolute atomic E-state index is 0.124. The molecule has 138 valence electrons. The standard InChI is InChI=1S/C22H18N4OS/c27-20-12-17(16-9-5-2-6-10-16)11-19-18(20)13-26-21(23-19)24-22(25-26)28-14-15-7-3-1-4-8-15/h1-10,13,17H,11-12,14H2/t17-/m1/s1. The zero-order valence-corrected chi connectivity index (χ0v) is 16.0. The van der Waals surface area contributed by atoms with Crippen LogP contribution in [-0.2, 0) is 12.2 Å². The summed E-state index contributed by atoms with van der Waals surface area (Å²) in [6.45, 7) is 0. The van der Waals surface area contributed by atoms with Crippen LogP contribution in [0.15, 0.2) is 72.0 Å². The van der Waals surface area contributed by atoms with Gasteiger partial charge in [0.25, 0.3) is 5.78 Å². The minimum atomic E-state index is 0.124. The highest BCUT2D eigenvalue weighted by molar-refractivity contribution is 7.98. The zero-order chi connectivity index (χ0) is 18.9. The maximum absolute atomic E-state index is 12.7. The summed E-state index contributed by atoms with van der Waals surface area (Å²) in [5.74, 6) is 1.65. The molecule has 0 unspecified atom stereocenters. The second kappa shape index (κ2) is 7.20. The van der Waals surface area contributed by atoms with Gasteiger partial charge in [-0.2, -0.15) is 4.98 Å². The van der Waals surface area contributed by atoms with E-state index in [-0.39, 0.29) is 11.7 Å². The average molecular weight is 386 g/mol. The van der Waals surface area contributed by atoms with Gasteiger partial charge in [0, 0.05) is 18.4 Å². The van der Waals surface area contributed by atoms with Crippen molar-refractivity contribution in [1.29, 1.82) is 0 Å². The molecule has 0 saturated carbocycles. The number of carbonyl (C=O) groups excluding carboxylic acids is 1.